The summed E-state index contributed by atoms with van der Waals surface area (Å²) >= 11 is 0. The molecule has 76 heavy (non-hydrogen) atoms. The summed E-state index contributed by atoms with van der Waals surface area (Å²) in [5.74, 6) is -0.729. The second-order valence-corrected chi connectivity index (χ2v) is 17.8. The number of aliphatic hydroxyl groups is 1. The fourth-order valence-corrected chi connectivity index (χ4v) is 8.05. The number of carbonyl (C=O) groups is 7. The number of likely N-dealkylation sites (N-methyl/N-ethyl adjacent to an activating group) is 3. The number of likely N-dealkylation sites (tertiary alicyclic amines) is 1. The molecular weight excluding hydrogens is 986 g/mol. The van der Waals surface area contributed by atoms with Crippen LogP contribution in [0.3, 0.4) is 0 Å². The molecular formula is C52H80FN13O10. The Morgan fingerprint density at radius 2 is 1.39 bits per heavy atom. The van der Waals surface area contributed by atoms with Gasteiger partial charge in [0, 0.05) is 141 Å². The summed E-state index contributed by atoms with van der Waals surface area (Å²) in [4.78, 5) is 99.7. The van der Waals surface area contributed by atoms with Gasteiger partial charge in [0.05, 0.1) is 50.9 Å². The lowest BCUT2D eigenvalue weighted by atomic mass is 10.1. The number of aliphatic hydroxyl groups excluding tert-OH is 1. The quantitative estimate of drug-likeness (QED) is 0.0540. The van der Waals surface area contributed by atoms with Gasteiger partial charge in [-0.15, -0.1) is 0 Å². The van der Waals surface area contributed by atoms with E-state index in [2.05, 4.69) is 48.8 Å². The molecule has 1 atom stereocenters. The van der Waals surface area contributed by atoms with E-state index in [9.17, 15) is 43.1 Å². The van der Waals surface area contributed by atoms with Crippen LogP contribution in [0.1, 0.15) is 40.0 Å². The van der Waals surface area contributed by atoms with Gasteiger partial charge in [-0.25, -0.2) is 4.98 Å². The van der Waals surface area contributed by atoms with Crippen molar-refractivity contribution in [2.75, 3.05) is 172 Å². The maximum absolute atomic E-state index is 12.2. The summed E-state index contributed by atoms with van der Waals surface area (Å²) in [5, 5.41) is 34.4. The van der Waals surface area contributed by atoms with E-state index >= 15 is 0 Å². The number of piperazine rings is 1. The van der Waals surface area contributed by atoms with E-state index in [4.69, 9.17) is 15.1 Å². The van der Waals surface area contributed by atoms with E-state index in [1.807, 2.05) is 44.8 Å². The Morgan fingerprint density at radius 1 is 0.776 bits per heavy atom. The number of fused-ring (bicyclic) bond motifs is 1. The van der Waals surface area contributed by atoms with Crippen LogP contribution < -0.4 is 20.7 Å². The Labute approximate surface area is 446 Å². The van der Waals surface area contributed by atoms with E-state index in [-0.39, 0.29) is 37.5 Å². The number of halogens is 1. The van der Waals surface area contributed by atoms with Crippen molar-refractivity contribution >= 4 is 53.8 Å². The van der Waals surface area contributed by atoms with Crippen molar-refractivity contribution in [2.45, 2.75) is 25.3 Å². The first-order valence-electron chi connectivity index (χ1n) is 25.5. The molecule has 0 bridgehead atoms. The summed E-state index contributed by atoms with van der Waals surface area (Å²) in [7, 11) is 6.72. The fourth-order valence-electron chi connectivity index (χ4n) is 8.05. The highest BCUT2D eigenvalue weighted by Crippen LogP contribution is 2.22. The number of benzene rings is 1. The minimum atomic E-state index is -0.905. The number of hydrogen-bond donors (Lipinski definition) is 5. The van der Waals surface area contributed by atoms with E-state index < -0.39 is 11.9 Å². The number of carbonyl (C=O) groups excluding carboxylic acids is 6. The first-order chi connectivity index (χ1) is 36.9. The zero-order valence-corrected chi connectivity index (χ0v) is 44.7. The maximum atomic E-state index is 12.2. The third-order valence-corrected chi connectivity index (χ3v) is 12.3. The van der Waals surface area contributed by atoms with Crippen molar-refractivity contribution < 1.29 is 52.9 Å². The van der Waals surface area contributed by atoms with E-state index in [1.54, 1.807) is 24.2 Å². The lowest BCUT2D eigenvalue weighted by Crippen LogP contribution is -2.49. The van der Waals surface area contributed by atoms with Crippen molar-refractivity contribution in [3.63, 3.8) is 0 Å². The van der Waals surface area contributed by atoms with Crippen molar-refractivity contribution in [2.24, 2.45) is 0 Å². The molecule has 5 heterocycles. The summed E-state index contributed by atoms with van der Waals surface area (Å²) in [6, 6.07) is 11.9. The molecule has 3 aliphatic heterocycles. The Kier molecular flexibility index (Phi) is 34.7. The van der Waals surface area contributed by atoms with Crippen molar-refractivity contribution in [1.82, 2.24) is 60.2 Å². The lowest BCUT2D eigenvalue weighted by Gasteiger charge is -2.32. The Balaban J connectivity index is 0.000000375. The van der Waals surface area contributed by atoms with Gasteiger partial charge in [0.25, 0.3) is 0 Å². The molecule has 2 amide bonds. The third-order valence-electron chi connectivity index (χ3n) is 12.3. The van der Waals surface area contributed by atoms with Gasteiger partial charge in [-0.1, -0.05) is 0 Å². The topological polar surface area (TPSA) is 278 Å². The van der Waals surface area contributed by atoms with Crippen LogP contribution in [0.5, 0.6) is 5.75 Å². The largest absolute Gasteiger partial charge is 0.494 e. The number of aromatic nitrogens is 2. The highest BCUT2D eigenvalue weighted by molar-refractivity contribution is 5.96. The van der Waals surface area contributed by atoms with Crippen LogP contribution >= 0.6 is 0 Å². The number of rotatable bonds is 20. The molecule has 0 spiro atoms. The monoisotopic (exact) mass is 1070 g/mol. The number of nitriles is 1. The average Bonchev–Trinajstić information content (AvgIpc) is 3.92. The third kappa shape index (κ3) is 27.0. The average molecular weight is 1070 g/mol. The SMILES string of the molecule is CN1CCN(CCCOc2ccc3nccc(C=O)c3c2)CC1.CNCC(=O)N1CCCC1C#N.CNCCNC(=O)CN1CCN(CC=O)CCN(CC=O)CCN(CC(=O)O)CC1.CO.O=Cc1ccc(F)nc1. The number of pyridine rings is 2. The van der Waals surface area contributed by atoms with E-state index in [0.717, 1.165) is 107 Å². The smallest absolute Gasteiger partial charge is 0.317 e. The zero-order chi connectivity index (χ0) is 55.9. The first kappa shape index (κ1) is 65.8. The molecule has 5 N–H and O–H groups in total. The summed E-state index contributed by atoms with van der Waals surface area (Å²) in [6.07, 6.45) is 8.80. The number of aliphatic carboxylic acids is 1. The zero-order valence-electron chi connectivity index (χ0n) is 44.7. The predicted molar refractivity (Wildman–Crippen MR) is 286 cm³/mol. The maximum Gasteiger partial charge on any atom is 0.317 e. The van der Waals surface area contributed by atoms with Crippen molar-refractivity contribution in [3.05, 3.63) is 65.9 Å². The molecule has 6 rings (SSSR count). The van der Waals surface area contributed by atoms with Gasteiger partial charge in [-0.05, 0) is 76.8 Å². The number of ether oxygens (including phenoxy) is 1. The second kappa shape index (κ2) is 40.0. The normalized spacial score (nSPS) is 17.1. The second-order valence-electron chi connectivity index (χ2n) is 17.8. The first-order valence-corrected chi connectivity index (χ1v) is 25.5. The highest BCUT2D eigenvalue weighted by atomic mass is 19.1. The molecule has 3 aromatic rings. The van der Waals surface area contributed by atoms with Crippen LogP contribution in [0.2, 0.25) is 0 Å². The molecule has 1 unspecified atom stereocenters. The summed E-state index contributed by atoms with van der Waals surface area (Å²) in [6.45, 7) is 13.8. The summed E-state index contributed by atoms with van der Waals surface area (Å²) in [5.41, 5.74) is 1.86. The van der Waals surface area contributed by atoms with Crippen LogP contribution in [0.4, 0.5) is 4.39 Å². The number of amides is 2. The standard InChI is InChI=1S/C19H36N6O5.C18H23N3O2.C8H13N3O.C6H4FNO.CH4O/c1-20-2-3-21-18(28)16-24-8-6-22(12-14-26)4-5-23(13-15-27)7-9-25(11-10-24)17-19(29)30;1-20-8-10-21(11-9-20)7-2-12-23-16-3-4-18-17(13-16)15(14-22)5-6-19-18;1-10-6-8(12)11-4-2-3-7(11)5-9;7-6-2-1-5(4-9)3-8-6;1-2/h14-15,20H,2-13,16-17H2,1H3,(H,21,28)(H,29,30);3-6,13-14H,2,7-12H2,1H3;7,10H,2-4,6H2,1H3;1-4H;2H,1H3. The number of carboxylic acid groups (broad SMARTS) is 1. The number of hydrogen-bond acceptors (Lipinski definition) is 20. The van der Waals surface area contributed by atoms with Gasteiger partial charge in [-0.2, -0.15) is 9.65 Å². The van der Waals surface area contributed by atoms with Crippen molar-refractivity contribution in [3.8, 4) is 11.8 Å². The molecule has 0 saturated carbocycles. The lowest BCUT2D eigenvalue weighted by molar-refractivity contribution is -0.138. The number of nitrogens with zero attached hydrogens (tertiary/aromatic N) is 10. The fraction of sp³-hybridized carbons (Fsp3) is 0.577. The van der Waals surface area contributed by atoms with Gasteiger partial charge in [0.1, 0.15) is 24.4 Å². The molecule has 2 aromatic heterocycles. The van der Waals surface area contributed by atoms with Gasteiger partial charge in [0.15, 0.2) is 12.6 Å². The molecule has 3 fully saturated rings. The molecule has 23 nitrogen and oxygen atoms in total. The Hall–Kier alpha value is -6.27. The van der Waals surface area contributed by atoms with Crippen LogP contribution in [0, 0.1) is 17.3 Å². The highest BCUT2D eigenvalue weighted by Gasteiger charge is 2.27. The van der Waals surface area contributed by atoms with Crippen molar-refractivity contribution in [1.29, 1.82) is 5.26 Å². The number of nitrogens with one attached hydrogen (secondary N) is 3. The molecule has 1 aromatic carbocycles. The van der Waals surface area contributed by atoms with Crippen LogP contribution in [0.25, 0.3) is 10.9 Å². The molecule has 0 aliphatic carbocycles. The molecule has 0 radical (unpaired) electrons. The minimum Gasteiger partial charge on any atom is -0.494 e. The number of carboxylic acids is 1. The van der Waals surface area contributed by atoms with Crippen LogP contribution in [-0.2, 0) is 24.0 Å². The Morgan fingerprint density at radius 3 is 1.93 bits per heavy atom. The Bertz CT molecular complexity index is 2200. The summed E-state index contributed by atoms with van der Waals surface area (Å²) < 4.78 is 17.8. The predicted octanol–water partition coefficient (Wildman–Crippen LogP) is -0.548. The molecule has 3 saturated heterocycles. The van der Waals surface area contributed by atoms with Gasteiger partial charge >= 0.3 is 5.97 Å². The van der Waals surface area contributed by atoms with Crippen LogP contribution in [0.15, 0.2) is 48.8 Å². The van der Waals surface area contributed by atoms with E-state index in [1.165, 1.54) is 12.3 Å². The molecule has 3 aliphatic rings. The van der Waals surface area contributed by atoms with Gasteiger partial charge in [0.2, 0.25) is 17.8 Å². The molecule has 24 heteroatoms. The van der Waals surface area contributed by atoms with Crippen LogP contribution in [-0.4, -0.2) is 276 Å². The van der Waals surface area contributed by atoms with Gasteiger partial charge < -0.3 is 55.2 Å². The number of aldehydes is 4. The molecule has 420 valence electrons. The van der Waals surface area contributed by atoms with Gasteiger partial charge in [-0.3, -0.25) is 48.6 Å². The van der Waals surface area contributed by atoms with E-state index in [0.29, 0.717) is 103 Å². The minimum absolute atomic E-state index is 0.0292.